The molecule has 2 unspecified atom stereocenters. The molecule has 2 aromatic carbocycles. The van der Waals surface area contributed by atoms with Gasteiger partial charge in [-0.25, -0.2) is 22.9 Å². The highest BCUT2D eigenvalue weighted by Crippen LogP contribution is 2.45. The largest absolute Gasteiger partial charge is 0.633 e. The quantitative estimate of drug-likeness (QED) is 0.0770. The number of piperazine rings is 1. The Morgan fingerprint density at radius 2 is 1.81 bits per heavy atom. The van der Waals surface area contributed by atoms with Gasteiger partial charge in [0.05, 0.1) is 35.1 Å². The minimum atomic E-state index is -0.981. The molecule has 0 spiro atoms. The second-order valence-corrected chi connectivity index (χ2v) is 21.8. The number of nitrogens with one attached hydrogen (secondary N) is 2. The number of hydroxylamine groups is 5. The van der Waals surface area contributed by atoms with E-state index in [1.807, 2.05) is 51.5 Å². The fourth-order valence-electron chi connectivity index (χ4n) is 12.3. The third-order valence-electron chi connectivity index (χ3n) is 16.6. The molecule has 4 aromatic rings. The number of pyridine rings is 1. The number of carbonyl (C=O) groups excluding carboxylic acids is 3. The zero-order valence-electron chi connectivity index (χ0n) is 43.1. The molecular weight excluding hydrogens is 931 g/mol. The maximum atomic E-state index is 16.2. The van der Waals surface area contributed by atoms with Crippen LogP contribution >= 0.6 is 0 Å². The van der Waals surface area contributed by atoms with Crippen molar-refractivity contribution in [3.05, 3.63) is 128 Å². The van der Waals surface area contributed by atoms with Crippen LogP contribution in [0, 0.1) is 34.9 Å². The summed E-state index contributed by atoms with van der Waals surface area (Å²) in [5.41, 5.74) is 6.95. The highest BCUT2D eigenvalue weighted by Gasteiger charge is 2.50. The smallest absolute Gasteiger partial charge is 0.249 e. The third kappa shape index (κ3) is 9.39. The lowest BCUT2D eigenvalue weighted by Gasteiger charge is -2.46. The van der Waals surface area contributed by atoms with Crippen LogP contribution in [-0.4, -0.2) is 130 Å². The molecule has 3 fully saturated rings. The second kappa shape index (κ2) is 19.2. The zero-order chi connectivity index (χ0) is 51.7. The average Bonchev–Trinajstić information content (AvgIpc) is 3.78. The van der Waals surface area contributed by atoms with E-state index in [1.54, 1.807) is 38.4 Å². The molecule has 3 amide bonds. The van der Waals surface area contributed by atoms with E-state index >= 15 is 8.78 Å². The number of hydrogen-bond donors (Lipinski definition) is 2. The van der Waals surface area contributed by atoms with Crippen molar-refractivity contribution < 1.29 is 37.0 Å². The van der Waals surface area contributed by atoms with Crippen LogP contribution in [0.25, 0.3) is 16.6 Å². The molecule has 10 rings (SSSR count). The van der Waals surface area contributed by atoms with Crippen molar-refractivity contribution in [2.75, 3.05) is 64.3 Å². The molecule has 384 valence electrons. The number of fused-ring (bicyclic) bond motifs is 2. The molecule has 6 aliphatic heterocycles. The molecule has 0 aliphatic carbocycles. The van der Waals surface area contributed by atoms with Crippen molar-refractivity contribution in [2.24, 2.45) is 13.0 Å². The summed E-state index contributed by atoms with van der Waals surface area (Å²) >= 11 is 0. The molecule has 3 saturated heterocycles. The first-order valence-corrected chi connectivity index (χ1v) is 25.9. The van der Waals surface area contributed by atoms with Gasteiger partial charge < -0.3 is 24.9 Å². The Hall–Kier alpha value is -6.24. The number of halogens is 2. The normalized spacial score (nSPS) is 28.1. The number of amides is 3. The Morgan fingerprint density at radius 1 is 1.03 bits per heavy atom. The first-order valence-electron chi connectivity index (χ1n) is 25.9. The van der Waals surface area contributed by atoms with Gasteiger partial charge >= 0.3 is 0 Å². The first kappa shape index (κ1) is 50.3. The maximum Gasteiger partial charge on any atom is 0.249 e. The molecule has 15 nitrogen and oxygen atoms in total. The summed E-state index contributed by atoms with van der Waals surface area (Å²) < 4.78 is 37.6. The van der Waals surface area contributed by atoms with Gasteiger partial charge in [0, 0.05) is 106 Å². The molecule has 2 aromatic heterocycles. The van der Waals surface area contributed by atoms with Crippen molar-refractivity contribution in [3.63, 3.8) is 0 Å². The Kier molecular flexibility index (Phi) is 13.2. The fraction of sp³-hybridized carbons (Fsp3) is 0.464. The number of likely N-dealkylation sites (N-methyl/N-ethyl adjacent to an activating group) is 1. The molecule has 4 atom stereocenters. The van der Waals surface area contributed by atoms with Gasteiger partial charge in [-0.05, 0) is 93.6 Å². The van der Waals surface area contributed by atoms with Crippen LogP contribution in [0.15, 0.2) is 72.7 Å². The Bertz CT molecular complexity index is 3070. The number of aryl methyl sites for hydroxylation is 2. The lowest BCUT2D eigenvalue weighted by atomic mass is 9.85. The number of aromatic nitrogens is 2. The van der Waals surface area contributed by atoms with Gasteiger partial charge in [0.1, 0.15) is 54.5 Å². The molecule has 0 bridgehead atoms. The Labute approximate surface area is 425 Å². The first-order chi connectivity index (χ1) is 34.8. The highest BCUT2D eigenvalue weighted by molar-refractivity contribution is 6.14. The number of allylic oxidation sites excluding steroid dienone is 1. The van der Waals surface area contributed by atoms with E-state index in [9.17, 15) is 24.8 Å². The van der Waals surface area contributed by atoms with Crippen molar-refractivity contribution in [3.8, 4) is 0 Å². The van der Waals surface area contributed by atoms with Crippen LogP contribution < -0.4 is 20.2 Å². The molecule has 0 radical (unpaired) electrons. The van der Waals surface area contributed by atoms with Crippen molar-refractivity contribution >= 4 is 58.1 Å². The molecule has 2 N–H and O–H groups in total. The van der Waals surface area contributed by atoms with Crippen LogP contribution in [0.4, 0.5) is 20.2 Å². The summed E-state index contributed by atoms with van der Waals surface area (Å²) in [7, 11) is 3.84. The number of likely N-dealkylation sites (tertiary alicyclic amines) is 1. The van der Waals surface area contributed by atoms with Gasteiger partial charge in [0.25, 0.3) is 0 Å². The van der Waals surface area contributed by atoms with Gasteiger partial charge in [-0.2, -0.15) is 0 Å². The van der Waals surface area contributed by atoms with Crippen LogP contribution in [0.5, 0.6) is 0 Å². The lowest BCUT2D eigenvalue weighted by molar-refractivity contribution is -0.899. The minimum absolute atomic E-state index is 0.0183. The number of nitrogens with zero attached hydrogens (tertiary/aromatic N) is 8. The predicted molar refractivity (Wildman–Crippen MR) is 279 cm³/mol. The van der Waals surface area contributed by atoms with E-state index in [-0.39, 0.29) is 66.2 Å². The van der Waals surface area contributed by atoms with Crippen molar-refractivity contribution in [2.45, 2.75) is 96.8 Å². The summed E-state index contributed by atoms with van der Waals surface area (Å²) in [6.07, 6.45) is 15.8. The van der Waals surface area contributed by atoms with Gasteiger partial charge in [-0.1, -0.05) is 6.08 Å². The molecule has 73 heavy (non-hydrogen) atoms. The third-order valence-corrected chi connectivity index (χ3v) is 16.6. The second-order valence-electron chi connectivity index (χ2n) is 21.8. The molecule has 17 heteroatoms. The van der Waals surface area contributed by atoms with E-state index in [1.165, 1.54) is 11.0 Å². The van der Waals surface area contributed by atoms with Crippen LogP contribution in [0.3, 0.4) is 0 Å². The van der Waals surface area contributed by atoms with Crippen LogP contribution in [0.1, 0.15) is 99.4 Å². The molecular formula is C56H68F2N10O5+2. The van der Waals surface area contributed by atoms with E-state index in [4.69, 9.17) is 0 Å². The summed E-state index contributed by atoms with van der Waals surface area (Å²) in [5.74, 6) is -1.76. The molecule has 8 heterocycles. The lowest BCUT2D eigenvalue weighted by Crippen LogP contribution is -2.55. The number of carbonyl (C=O) groups is 3. The maximum absolute atomic E-state index is 16.2. The predicted octanol–water partition coefficient (Wildman–Crippen LogP) is 6.72. The number of benzene rings is 2. The van der Waals surface area contributed by atoms with Gasteiger partial charge in [-0.3, -0.25) is 34.1 Å². The van der Waals surface area contributed by atoms with E-state index < -0.39 is 27.8 Å². The van der Waals surface area contributed by atoms with Crippen molar-refractivity contribution in [1.82, 2.24) is 29.7 Å². The van der Waals surface area contributed by atoms with Gasteiger partial charge in [0.15, 0.2) is 6.21 Å². The molecule has 0 saturated carbocycles. The number of piperidine rings is 2. The number of anilines is 1. The van der Waals surface area contributed by atoms with Gasteiger partial charge in [-0.15, -0.1) is 0 Å². The van der Waals surface area contributed by atoms with E-state index in [0.29, 0.717) is 67.2 Å². The number of quaternary nitrogens is 2. The monoisotopic (exact) mass is 999 g/mol. The SMILES string of the molecule is CNC1=CC[N+]([O-])(c2ccnc3c2cc([C@H](C)N2CC=C(c4c(C)cc(C[N+]5([O-])CCC(C=[N+]6CC[N+](=Cc7cc8c(cc7F)N(C7CCC(=O)NC7=O)C(=O)C8(C)C)C[C@@H]6C)CC5)cc4F)CC2)n3C)C=C1. The summed E-state index contributed by atoms with van der Waals surface area (Å²) in [5, 5.41) is 34.5. The molecule has 6 aliphatic rings. The Morgan fingerprint density at radius 3 is 2.48 bits per heavy atom. The standard InChI is InChI=1S/C56H67F2N10O5/c1-35-26-39(27-46(58)52(35)40-11-18-64(19-12-40)37(3)48-29-43-50(10-17-60-53(43)62(48)7)68(73)24-15-42(59-6)16-25-68)34-67(72)22-13-38(14-23-67)32-65-21-20-63(31-36(65)2)33-41-28-44-49(30-45(41)57)66(55(71)56(44,4)5)47-8-9-51(69)61-54(47)70/h10-11,15-17,24,26-30,32-33,36-38,47,59H,8-9,12-14,18-23,25,31,34H2,1-7H3/q+1/p+1/t36-,37-,38?,47?,67?,68?/m0/s1. The average molecular weight is 999 g/mol. The minimum Gasteiger partial charge on any atom is -0.633 e. The Balaban J connectivity index is 0.746. The number of hydrogen-bond acceptors (Lipinski definition) is 8. The topological polar surface area (TPSA) is 152 Å². The highest BCUT2D eigenvalue weighted by atomic mass is 19.1. The van der Waals surface area contributed by atoms with E-state index in [0.717, 1.165) is 65.1 Å². The number of imide groups is 1. The number of rotatable bonds is 10. The fourth-order valence-corrected chi connectivity index (χ4v) is 12.3. The zero-order valence-corrected chi connectivity index (χ0v) is 43.1. The van der Waals surface area contributed by atoms with Gasteiger partial charge in [0.2, 0.25) is 43.4 Å². The van der Waals surface area contributed by atoms with Crippen molar-refractivity contribution in [1.29, 1.82) is 0 Å². The summed E-state index contributed by atoms with van der Waals surface area (Å²) in [6, 6.07) is 9.82. The van der Waals surface area contributed by atoms with Crippen LogP contribution in [-0.2, 0) is 33.4 Å². The summed E-state index contributed by atoms with van der Waals surface area (Å²) in [4.78, 5) is 46.6. The summed E-state index contributed by atoms with van der Waals surface area (Å²) in [6.45, 7) is 14.6. The van der Waals surface area contributed by atoms with Crippen LogP contribution in [0.2, 0.25) is 0 Å². The van der Waals surface area contributed by atoms with E-state index in [2.05, 4.69) is 66.4 Å².